The first-order valence-electron chi connectivity index (χ1n) is 11.4. The van der Waals surface area contributed by atoms with Crippen LogP contribution in [0.15, 0.2) is 60.7 Å². The summed E-state index contributed by atoms with van der Waals surface area (Å²) < 4.78 is 0. The fourth-order valence-electron chi connectivity index (χ4n) is 4.48. The lowest BCUT2D eigenvalue weighted by molar-refractivity contribution is -0.148. The number of carbonyl (C=O) groups is 3. The Morgan fingerprint density at radius 3 is 2.19 bits per heavy atom. The highest BCUT2D eigenvalue weighted by molar-refractivity contribution is 5.90. The quantitative estimate of drug-likeness (QED) is 0.755. The molecule has 7 nitrogen and oxygen atoms in total. The molecule has 1 atom stereocenters. The van der Waals surface area contributed by atoms with Crippen LogP contribution < -0.4 is 10.6 Å². The zero-order valence-electron chi connectivity index (χ0n) is 18.2. The lowest BCUT2D eigenvalue weighted by Crippen LogP contribution is -2.52. The first-order valence-corrected chi connectivity index (χ1v) is 11.4. The van der Waals surface area contributed by atoms with Crippen LogP contribution in [-0.2, 0) is 9.59 Å². The maximum Gasteiger partial charge on any atom is 0.319 e. The van der Waals surface area contributed by atoms with E-state index in [0.717, 1.165) is 24.1 Å². The van der Waals surface area contributed by atoms with Gasteiger partial charge in [0, 0.05) is 37.8 Å². The van der Waals surface area contributed by atoms with Crippen molar-refractivity contribution in [2.24, 2.45) is 0 Å². The van der Waals surface area contributed by atoms with Gasteiger partial charge in [0.25, 0.3) is 0 Å². The van der Waals surface area contributed by atoms with Gasteiger partial charge in [-0.1, -0.05) is 48.5 Å². The van der Waals surface area contributed by atoms with Gasteiger partial charge in [0.05, 0.1) is 0 Å². The lowest BCUT2D eigenvalue weighted by Gasteiger charge is -2.39. The first-order chi connectivity index (χ1) is 15.6. The number of nitrogens with zero attached hydrogens (tertiary/aromatic N) is 2. The van der Waals surface area contributed by atoms with Gasteiger partial charge < -0.3 is 20.4 Å². The molecule has 0 radical (unpaired) electrons. The number of rotatable bonds is 5. The van der Waals surface area contributed by atoms with Crippen molar-refractivity contribution in [1.29, 1.82) is 0 Å². The number of hydrogen-bond acceptors (Lipinski definition) is 3. The summed E-state index contributed by atoms with van der Waals surface area (Å²) in [5.41, 5.74) is 1.60. The van der Waals surface area contributed by atoms with Gasteiger partial charge in [-0.15, -0.1) is 0 Å². The topological polar surface area (TPSA) is 81.8 Å². The summed E-state index contributed by atoms with van der Waals surface area (Å²) in [6.07, 6.45) is 3.67. The average Bonchev–Trinajstić information content (AvgIpc) is 2.82. The van der Waals surface area contributed by atoms with Crippen LogP contribution in [0, 0.1) is 0 Å². The number of urea groups is 1. The summed E-state index contributed by atoms with van der Waals surface area (Å²) in [5, 5.41) is 5.84. The molecular weight excluding hydrogens is 404 g/mol. The molecule has 168 valence electrons. The molecule has 2 aliphatic heterocycles. The summed E-state index contributed by atoms with van der Waals surface area (Å²) in [4.78, 5) is 42.0. The number of para-hydroxylation sites is 1. The Balaban J connectivity index is 1.37. The van der Waals surface area contributed by atoms with Gasteiger partial charge in [-0.25, -0.2) is 4.79 Å². The molecule has 2 aromatic carbocycles. The molecule has 2 saturated heterocycles. The van der Waals surface area contributed by atoms with Crippen molar-refractivity contribution in [2.75, 3.05) is 25.0 Å². The first kappa shape index (κ1) is 21.9. The number of anilines is 1. The summed E-state index contributed by atoms with van der Waals surface area (Å²) in [6.45, 7) is 1.72. The third-order valence-corrected chi connectivity index (χ3v) is 6.19. The molecule has 0 saturated carbocycles. The molecule has 0 aliphatic carbocycles. The molecule has 32 heavy (non-hydrogen) atoms. The molecule has 2 aromatic rings. The minimum absolute atomic E-state index is 0.00885. The predicted molar refractivity (Wildman–Crippen MR) is 123 cm³/mol. The summed E-state index contributed by atoms with van der Waals surface area (Å²) in [6, 6.07) is 18.1. The fourth-order valence-corrected chi connectivity index (χ4v) is 4.48. The molecule has 0 spiro atoms. The maximum absolute atomic E-state index is 13.5. The van der Waals surface area contributed by atoms with Crippen molar-refractivity contribution in [1.82, 2.24) is 15.1 Å². The number of benzene rings is 2. The summed E-state index contributed by atoms with van der Waals surface area (Å²) >= 11 is 0. The second kappa shape index (κ2) is 10.3. The van der Waals surface area contributed by atoms with Crippen molar-refractivity contribution >= 4 is 23.5 Å². The van der Waals surface area contributed by atoms with Crippen LogP contribution in [0.1, 0.15) is 43.7 Å². The van der Waals surface area contributed by atoms with Crippen LogP contribution in [0.3, 0.4) is 0 Å². The van der Waals surface area contributed by atoms with Gasteiger partial charge in [-0.2, -0.15) is 0 Å². The second-order valence-electron chi connectivity index (χ2n) is 8.42. The Labute approximate surface area is 188 Å². The minimum Gasteiger partial charge on any atom is -0.340 e. The molecule has 4 rings (SSSR count). The van der Waals surface area contributed by atoms with E-state index in [4.69, 9.17) is 0 Å². The number of carbonyl (C=O) groups excluding carboxylic acids is 3. The highest BCUT2D eigenvalue weighted by atomic mass is 16.2. The van der Waals surface area contributed by atoms with Crippen LogP contribution in [0.25, 0.3) is 0 Å². The largest absolute Gasteiger partial charge is 0.340 e. The van der Waals surface area contributed by atoms with Crippen molar-refractivity contribution in [3.63, 3.8) is 0 Å². The number of piperidine rings is 2. The third-order valence-electron chi connectivity index (χ3n) is 6.19. The predicted octanol–water partition coefficient (Wildman–Crippen LogP) is 3.55. The molecule has 0 aromatic heterocycles. The van der Waals surface area contributed by atoms with Crippen LogP contribution in [0.5, 0.6) is 0 Å². The van der Waals surface area contributed by atoms with Crippen LogP contribution >= 0.6 is 0 Å². The van der Waals surface area contributed by atoms with Crippen molar-refractivity contribution in [3.8, 4) is 0 Å². The lowest BCUT2D eigenvalue weighted by atomic mass is 9.98. The van der Waals surface area contributed by atoms with E-state index < -0.39 is 6.04 Å². The average molecular weight is 435 g/mol. The van der Waals surface area contributed by atoms with Crippen molar-refractivity contribution in [2.45, 2.75) is 44.2 Å². The van der Waals surface area contributed by atoms with E-state index in [0.29, 0.717) is 38.9 Å². The highest BCUT2D eigenvalue weighted by Gasteiger charge is 2.36. The Morgan fingerprint density at radius 2 is 1.53 bits per heavy atom. The molecule has 2 heterocycles. The standard InChI is InChI=1S/C25H30N4O3/c30-22-13-7-8-16-29(22)23(19-9-3-1-4-10-19)24(31)28-17-14-21(15-18-28)27-25(32)26-20-11-5-2-6-12-20/h1-6,9-12,21,23H,7-8,13-18H2,(H2,26,27,32). The molecule has 2 N–H and O–H groups in total. The normalized spacial score (nSPS) is 18.2. The fraction of sp³-hybridized carbons (Fsp3) is 0.400. The SMILES string of the molecule is O=C(Nc1ccccc1)NC1CCN(C(=O)C(c2ccccc2)N2CCCCC2=O)CC1. The van der Waals surface area contributed by atoms with Crippen LogP contribution in [0.4, 0.5) is 10.5 Å². The molecule has 2 fully saturated rings. The zero-order valence-corrected chi connectivity index (χ0v) is 18.2. The van der Waals surface area contributed by atoms with Crippen molar-refractivity contribution < 1.29 is 14.4 Å². The van der Waals surface area contributed by atoms with E-state index in [9.17, 15) is 14.4 Å². The van der Waals surface area contributed by atoms with E-state index in [1.54, 1.807) is 4.90 Å². The minimum atomic E-state index is -0.574. The number of likely N-dealkylation sites (tertiary alicyclic amines) is 2. The highest BCUT2D eigenvalue weighted by Crippen LogP contribution is 2.28. The third kappa shape index (κ3) is 5.28. The van der Waals surface area contributed by atoms with Gasteiger partial charge >= 0.3 is 6.03 Å². The Kier molecular flexibility index (Phi) is 7.04. The van der Waals surface area contributed by atoms with Gasteiger partial charge in [0.2, 0.25) is 11.8 Å². The van der Waals surface area contributed by atoms with E-state index in [-0.39, 0.29) is 23.9 Å². The smallest absolute Gasteiger partial charge is 0.319 e. The van der Waals surface area contributed by atoms with Gasteiger partial charge in [-0.3, -0.25) is 9.59 Å². The van der Waals surface area contributed by atoms with Crippen molar-refractivity contribution in [3.05, 3.63) is 66.2 Å². The van der Waals surface area contributed by atoms with Gasteiger partial charge in [-0.05, 0) is 43.4 Å². The maximum atomic E-state index is 13.5. The monoisotopic (exact) mass is 434 g/mol. The van der Waals surface area contributed by atoms with E-state index in [1.807, 2.05) is 65.6 Å². The molecular formula is C25H30N4O3. The molecule has 4 amide bonds. The summed E-state index contributed by atoms with van der Waals surface area (Å²) in [5.74, 6) is 0.0197. The zero-order chi connectivity index (χ0) is 22.3. The van der Waals surface area contributed by atoms with E-state index >= 15 is 0 Å². The number of nitrogens with one attached hydrogen (secondary N) is 2. The number of hydrogen-bond donors (Lipinski definition) is 2. The van der Waals surface area contributed by atoms with E-state index in [1.165, 1.54) is 0 Å². The van der Waals surface area contributed by atoms with Crippen LogP contribution in [-0.4, -0.2) is 53.3 Å². The van der Waals surface area contributed by atoms with Crippen LogP contribution in [0.2, 0.25) is 0 Å². The molecule has 1 unspecified atom stereocenters. The van der Waals surface area contributed by atoms with E-state index in [2.05, 4.69) is 10.6 Å². The molecule has 7 heteroatoms. The molecule has 0 bridgehead atoms. The Morgan fingerprint density at radius 1 is 0.875 bits per heavy atom. The Hall–Kier alpha value is -3.35. The molecule has 2 aliphatic rings. The number of amides is 4. The Bertz CT molecular complexity index is 927. The van der Waals surface area contributed by atoms with Gasteiger partial charge in [0.15, 0.2) is 0 Å². The second-order valence-corrected chi connectivity index (χ2v) is 8.42. The summed E-state index contributed by atoms with van der Waals surface area (Å²) in [7, 11) is 0. The van der Waals surface area contributed by atoms with Gasteiger partial charge in [0.1, 0.15) is 6.04 Å².